The second-order valence-electron chi connectivity index (χ2n) is 5.13. The van der Waals surface area contributed by atoms with Crippen LogP contribution in [0, 0.1) is 18.3 Å². The molecule has 2 amide bonds. The van der Waals surface area contributed by atoms with Gasteiger partial charge in [-0.2, -0.15) is 0 Å². The molecule has 23 heavy (non-hydrogen) atoms. The summed E-state index contributed by atoms with van der Waals surface area (Å²) < 4.78 is 10.0. The highest BCUT2D eigenvalue weighted by atomic mass is 16.5. The minimum absolute atomic E-state index is 0.101. The highest BCUT2D eigenvalue weighted by Gasteiger charge is 2.29. The molecule has 0 aliphatic carbocycles. The van der Waals surface area contributed by atoms with E-state index in [1.807, 2.05) is 0 Å². The number of piperidine rings is 1. The van der Waals surface area contributed by atoms with E-state index in [2.05, 4.69) is 11.2 Å². The van der Waals surface area contributed by atoms with E-state index in [-0.39, 0.29) is 30.7 Å². The molecule has 0 aromatic carbocycles. The lowest BCUT2D eigenvalue weighted by Crippen LogP contribution is -2.41. The molecule has 0 saturated carbocycles. The first-order valence-corrected chi connectivity index (χ1v) is 7.31. The van der Waals surface area contributed by atoms with Crippen LogP contribution in [0.4, 0.5) is 0 Å². The molecule has 1 fully saturated rings. The van der Waals surface area contributed by atoms with Gasteiger partial charge in [-0.3, -0.25) is 14.4 Å². The maximum atomic E-state index is 12.1. The van der Waals surface area contributed by atoms with E-state index in [0.29, 0.717) is 25.9 Å². The van der Waals surface area contributed by atoms with Gasteiger partial charge in [0.05, 0.1) is 18.7 Å². The van der Waals surface area contributed by atoms with E-state index < -0.39 is 11.9 Å². The number of nitrogens with zero attached hydrogens (tertiary/aromatic N) is 1. The fourth-order valence-corrected chi connectivity index (χ4v) is 2.33. The summed E-state index contributed by atoms with van der Waals surface area (Å²) in [5, 5.41) is 2.41. The number of nitrogens with one attached hydrogen (secondary N) is 1. The lowest BCUT2D eigenvalue weighted by molar-refractivity contribution is -0.153. The first kappa shape index (κ1) is 16.6. The standard InChI is InChI=1S/C16H18N2O5/c1-2-7-17-14(19)11-23-16(21)12-5-8-18(9-6-12)15(20)13-4-3-10-22-13/h1,3-4,10,12H,5-9,11H2,(H,17,19). The van der Waals surface area contributed by atoms with E-state index in [4.69, 9.17) is 15.6 Å². The predicted molar refractivity (Wildman–Crippen MR) is 80.1 cm³/mol. The highest BCUT2D eigenvalue weighted by Crippen LogP contribution is 2.20. The molecular formula is C16H18N2O5. The van der Waals surface area contributed by atoms with Gasteiger partial charge < -0.3 is 19.4 Å². The third-order valence-corrected chi connectivity index (χ3v) is 3.58. The second-order valence-corrected chi connectivity index (χ2v) is 5.13. The van der Waals surface area contributed by atoms with E-state index in [1.165, 1.54) is 6.26 Å². The van der Waals surface area contributed by atoms with Gasteiger partial charge in [-0.25, -0.2) is 0 Å². The molecule has 0 bridgehead atoms. The fourth-order valence-electron chi connectivity index (χ4n) is 2.33. The van der Waals surface area contributed by atoms with Crippen LogP contribution in [0.2, 0.25) is 0 Å². The summed E-state index contributed by atoms with van der Waals surface area (Å²) in [5.41, 5.74) is 0. The number of rotatable bonds is 5. The molecule has 122 valence electrons. The Morgan fingerprint density at radius 2 is 2.13 bits per heavy atom. The lowest BCUT2D eigenvalue weighted by atomic mass is 9.97. The molecule has 2 heterocycles. The zero-order valence-electron chi connectivity index (χ0n) is 12.6. The number of carbonyl (C=O) groups excluding carboxylic acids is 3. The number of terminal acetylenes is 1. The average Bonchev–Trinajstić information content (AvgIpc) is 3.11. The Hall–Kier alpha value is -2.75. The summed E-state index contributed by atoms with van der Waals surface area (Å²) >= 11 is 0. The average molecular weight is 318 g/mol. The van der Waals surface area contributed by atoms with Crippen LogP contribution in [-0.2, 0) is 14.3 Å². The molecule has 0 unspecified atom stereocenters. The molecule has 1 aliphatic heterocycles. The summed E-state index contributed by atoms with van der Waals surface area (Å²) in [4.78, 5) is 37.0. The van der Waals surface area contributed by atoms with Crippen molar-refractivity contribution in [2.45, 2.75) is 12.8 Å². The number of ether oxygens (including phenoxy) is 1. The van der Waals surface area contributed by atoms with Gasteiger partial charge in [0, 0.05) is 13.1 Å². The zero-order chi connectivity index (χ0) is 16.7. The number of carbonyl (C=O) groups is 3. The predicted octanol–water partition coefficient (Wildman–Crippen LogP) is 0.424. The summed E-state index contributed by atoms with van der Waals surface area (Å²) in [6, 6.07) is 3.26. The molecule has 7 heteroatoms. The Morgan fingerprint density at radius 3 is 2.74 bits per heavy atom. The van der Waals surface area contributed by atoms with Crippen molar-refractivity contribution in [3.63, 3.8) is 0 Å². The number of hydrogen-bond donors (Lipinski definition) is 1. The Balaban J connectivity index is 1.73. The molecule has 1 aromatic rings. The van der Waals surface area contributed by atoms with Crippen molar-refractivity contribution in [2.75, 3.05) is 26.2 Å². The maximum Gasteiger partial charge on any atom is 0.309 e. The van der Waals surface area contributed by atoms with E-state index in [1.54, 1.807) is 17.0 Å². The van der Waals surface area contributed by atoms with Crippen molar-refractivity contribution < 1.29 is 23.5 Å². The lowest BCUT2D eigenvalue weighted by Gasteiger charge is -2.30. The largest absolute Gasteiger partial charge is 0.459 e. The molecule has 1 saturated heterocycles. The molecule has 7 nitrogen and oxygen atoms in total. The van der Waals surface area contributed by atoms with Crippen LogP contribution in [0.15, 0.2) is 22.8 Å². The molecule has 0 spiro atoms. The van der Waals surface area contributed by atoms with Crippen molar-refractivity contribution in [2.24, 2.45) is 5.92 Å². The van der Waals surface area contributed by atoms with Gasteiger partial charge in [-0.15, -0.1) is 6.42 Å². The Bertz CT molecular complexity index is 594. The van der Waals surface area contributed by atoms with Crippen LogP contribution in [0.1, 0.15) is 23.4 Å². The van der Waals surface area contributed by atoms with Crippen LogP contribution in [0.3, 0.4) is 0 Å². The first-order valence-electron chi connectivity index (χ1n) is 7.31. The Morgan fingerprint density at radius 1 is 1.39 bits per heavy atom. The Labute approximate surface area is 134 Å². The molecule has 1 N–H and O–H groups in total. The summed E-state index contributed by atoms with van der Waals surface area (Å²) in [6.07, 6.45) is 7.45. The van der Waals surface area contributed by atoms with Gasteiger partial charge in [-0.1, -0.05) is 5.92 Å². The molecule has 2 rings (SSSR count). The van der Waals surface area contributed by atoms with Crippen LogP contribution >= 0.6 is 0 Å². The van der Waals surface area contributed by atoms with E-state index in [0.717, 1.165) is 0 Å². The number of likely N-dealkylation sites (tertiary alicyclic amines) is 1. The van der Waals surface area contributed by atoms with Gasteiger partial charge in [0.15, 0.2) is 12.4 Å². The quantitative estimate of drug-likeness (QED) is 0.628. The molecule has 0 atom stereocenters. The second kappa shape index (κ2) is 8.03. The number of hydrogen-bond acceptors (Lipinski definition) is 5. The monoisotopic (exact) mass is 318 g/mol. The Kier molecular flexibility index (Phi) is 5.80. The van der Waals surface area contributed by atoms with Crippen molar-refractivity contribution >= 4 is 17.8 Å². The maximum absolute atomic E-state index is 12.1. The minimum Gasteiger partial charge on any atom is -0.459 e. The first-order chi connectivity index (χ1) is 11.1. The van der Waals surface area contributed by atoms with Gasteiger partial charge in [0.1, 0.15) is 0 Å². The van der Waals surface area contributed by atoms with Crippen molar-refractivity contribution in [1.29, 1.82) is 0 Å². The third-order valence-electron chi connectivity index (χ3n) is 3.58. The smallest absolute Gasteiger partial charge is 0.309 e. The van der Waals surface area contributed by atoms with Crippen LogP contribution in [-0.4, -0.2) is 48.9 Å². The highest BCUT2D eigenvalue weighted by molar-refractivity contribution is 5.91. The topological polar surface area (TPSA) is 88.9 Å². The SMILES string of the molecule is C#CCNC(=O)COC(=O)C1CCN(C(=O)c2ccco2)CC1. The fraction of sp³-hybridized carbons (Fsp3) is 0.438. The number of furan rings is 1. The number of amides is 2. The summed E-state index contributed by atoms with van der Waals surface area (Å²) in [5.74, 6) is 1.20. The molecule has 1 aromatic heterocycles. The van der Waals surface area contributed by atoms with E-state index >= 15 is 0 Å². The minimum atomic E-state index is -0.429. The number of esters is 1. The van der Waals surface area contributed by atoms with Gasteiger partial charge in [-0.05, 0) is 25.0 Å². The van der Waals surface area contributed by atoms with Crippen molar-refractivity contribution in [1.82, 2.24) is 10.2 Å². The van der Waals surface area contributed by atoms with Crippen LogP contribution in [0.25, 0.3) is 0 Å². The third kappa shape index (κ3) is 4.61. The summed E-state index contributed by atoms with van der Waals surface area (Å²) in [6.45, 7) is 0.654. The van der Waals surface area contributed by atoms with E-state index in [9.17, 15) is 14.4 Å². The van der Waals surface area contributed by atoms with Gasteiger partial charge >= 0.3 is 5.97 Å². The van der Waals surface area contributed by atoms with Gasteiger partial charge in [0.25, 0.3) is 11.8 Å². The van der Waals surface area contributed by atoms with Crippen LogP contribution in [0.5, 0.6) is 0 Å². The molecule has 1 aliphatic rings. The zero-order valence-corrected chi connectivity index (χ0v) is 12.6. The van der Waals surface area contributed by atoms with Crippen LogP contribution < -0.4 is 5.32 Å². The van der Waals surface area contributed by atoms with Crippen molar-refractivity contribution in [3.05, 3.63) is 24.2 Å². The summed E-state index contributed by atoms with van der Waals surface area (Å²) in [7, 11) is 0. The molecule has 0 radical (unpaired) electrons. The van der Waals surface area contributed by atoms with Crippen molar-refractivity contribution in [3.8, 4) is 12.3 Å². The normalized spacial score (nSPS) is 14.8. The molecular weight excluding hydrogens is 300 g/mol. The van der Waals surface area contributed by atoms with Gasteiger partial charge in [0.2, 0.25) is 0 Å².